The van der Waals surface area contributed by atoms with Crippen LogP contribution in [0.2, 0.25) is 0 Å². The largest absolute Gasteiger partial charge is 0.352 e. The van der Waals surface area contributed by atoms with Gasteiger partial charge in [0.2, 0.25) is 11.6 Å². The van der Waals surface area contributed by atoms with E-state index in [1.54, 1.807) is 34.1 Å². The molecule has 2 aromatic rings. The van der Waals surface area contributed by atoms with Crippen LogP contribution in [0.1, 0.15) is 48.5 Å². The summed E-state index contributed by atoms with van der Waals surface area (Å²) in [5.41, 5.74) is 0.567. The Balaban J connectivity index is 1.83. The molecule has 0 spiro atoms. The van der Waals surface area contributed by atoms with Crippen LogP contribution in [-0.2, 0) is 16.1 Å². The van der Waals surface area contributed by atoms with Crippen LogP contribution >= 0.6 is 0 Å². The van der Waals surface area contributed by atoms with Crippen LogP contribution in [0.4, 0.5) is 5.69 Å². The summed E-state index contributed by atoms with van der Waals surface area (Å²) in [5.74, 6) is -0.634. The number of nitrogens with zero attached hydrogens (tertiary/aromatic N) is 2. The molecule has 0 radical (unpaired) electrons. The molecule has 1 fully saturated rings. The summed E-state index contributed by atoms with van der Waals surface area (Å²) >= 11 is 0. The number of nitrogens with one attached hydrogen (secondary N) is 1. The highest BCUT2D eigenvalue weighted by atomic mass is 16.2. The zero-order valence-corrected chi connectivity index (χ0v) is 16.6. The van der Waals surface area contributed by atoms with E-state index in [0.717, 1.165) is 18.4 Å². The first-order chi connectivity index (χ1) is 14.1. The number of para-hydroxylation sites is 1. The van der Waals surface area contributed by atoms with Crippen LogP contribution in [0.25, 0.3) is 0 Å². The number of fused-ring (bicyclic) bond motifs is 3. The molecule has 2 aliphatic rings. The van der Waals surface area contributed by atoms with Gasteiger partial charge in [-0.25, -0.2) is 0 Å². The van der Waals surface area contributed by atoms with E-state index in [2.05, 4.69) is 12.2 Å². The van der Waals surface area contributed by atoms with Crippen LogP contribution in [0.15, 0.2) is 54.6 Å². The normalized spacial score (nSPS) is 20.4. The second-order valence-electron chi connectivity index (χ2n) is 7.55. The molecule has 0 bridgehead atoms. The van der Waals surface area contributed by atoms with Crippen molar-refractivity contribution in [3.63, 3.8) is 0 Å². The highest BCUT2D eigenvalue weighted by Crippen LogP contribution is 2.45. The summed E-state index contributed by atoms with van der Waals surface area (Å²) in [6.45, 7) is 2.84. The monoisotopic (exact) mass is 391 g/mol. The third-order valence-electron chi connectivity index (χ3n) is 5.74. The van der Waals surface area contributed by atoms with Crippen molar-refractivity contribution in [1.29, 1.82) is 0 Å². The van der Waals surface area contributed by atoms with Crippen LogP contribution in [0, 0.1) is 0 Å². The Morgan fingerprint density at radius 2 is 1.79 bits per heavy atom. The standard InChI is InChI=1S/C23H25N3O3/c1-2-3-15-24-22(29)23-14-13-20(27)26(23)19-12-8-7-11-18(19)21(28)25(23)16-17-9-5-4-6-10-17/h4-12H,2-3,13-16H2,1H3,(H,24,29). The summed E-state index contributed by atoms with van der Waals surface area (Å²) < 4.78 is 0. The first-order valence-corrected chi connectivity index (χ1v) is 10.2. The van der Waals surface area contributed by atoms with E-state index < -0.39 is 5.66 Å². The van der Waals surface area contributed by atoms with Gasteiger partial charge in [-0.05, 0) is 24.1 Å². The van der Waals surface area contributed by atoms with E-state index in [-0.39, 0.29) is 37.1 Å². The van der Waals surface area contributed by atoms with Crippen LogP contribution < -0.4 is 10.2 Å². The van der Waals surface area contributed by atoms with Gasteiger partial charge in [0.1, 0.15) is 0 Å². The fraction of sp³-hybridized carbons (Fsp3) is 0.348. The van der Waals surface area contributed by atoms with Crippen molar-refractivity contribution in [3.05, 3.63) is 65.7 Å². The quantitative estimate of drug-likeness (QED) is 0.770. The Hall–Kier alpha value is -3.15. The maximum absolute atomic E-state index is 13.5. The summed E-state index contributed by atoms with van der Waals surface area (Å²) in [6.07, 6.45) is 2.31. The van der Waals surface area contributed by atoms with Gasteiger partial charge >= 0.3 is 0 Å². The zero-order valence-electron chi connectivity index (χ0n) is 16.6. The lowest BCUT2D eigenvalue weighted by Crippen LogP contribution is -2.70. The maximum Gasteiger partial charge on any atom is 0.267 e. The molecule has 0 saturated carbocycles. The fourth-order valence-corrected chi connectivity index (χ4v) is 4.29. The minimum atomic E-state index is -1.33. The molecule has 4 rings (SSSR count). The Labute approximate surface area is 170 Å². The van der Waals surface area contributed by atoms with Gasteiger partial charge in [0, 0.05) is 25.9 Å². The van der Waals surface area contributed by atoms with E-state index >= 15 is 0 Å². The number of carbonyl (C=O) groups excluding carboxylic acids is 3. The third-order valence-corrected chi connectivity index (χ3v) is 5.74. The van der Waals surface area contributed by atoms with Crippen molar-refractivity contribution in [2.45, 2.75) is 44.8 Å². The number of anilines is 1. The van der Waals surface area contributed by atoms with Gasteiger partial charge in [-0.2, -0.15) is 0 Å². The van der Waals surface area contributed by atoms with E-state index in [9.17, 15) is 14.4 Å². The van der Waals surface area contributed by atoms with Crippen molar-refractivity contribution < 1.29 is 14.4 Å². The van der Waals surface area contributed by atoms with Gasteiger partial charge in [0.25, 0.3) is 11.8 Å². The first kappa shape index (κ1) is 19.2. The SMILES string of the molecule is CCCCNC(=O)C12CCC(=O)N1c1ccccc1C(=O)N2Cc1ccccc1. The van der Waals surface area contributed by atoms with Crippen LogP contribution in [-0.4, -0.2) is 34.8 Å². The number of carbonyl (C=O) groups is 3. The molecule has 0 aromatic heterocycles. The average molecular weight is 391 g/mol. The number of hydrogen-bond donors (Lipinski definition) is 1. The Morgan fingerprint density at radius 3 is 2.55 bits per heavy atom. The zero-order chi connectivity index (χ0) is 20.4. The van der Waals surface area contributed by atoms with Crippen molar-refractivity contribution in [3.8, 4) is 0 Å². The number of amides is 3. The fourth-order valence-electron chi connectivity index (χ4n) is 4.29. The molecule has 2 heterocycles. The molecule has 6 heteroatoms. The van der Waals surface area contributed by atoms with Gasteiger partial charge in [0.05, 0.1) is 11.3 Å². The van der Waals surface area contributed by atoms with Crippen molar-refractivity contribution in [2.24, 2.45) is 0 Å². The molecule has 1 unspecified atom stereocenters. The number of hydrogen-bond acceptors (Lipinski definition) is 3. The summed E-state index contributed by atoms with van der Waals surface area (Å²) in [6, 6.07) is 16.6. The van der Waals surface area contributed by atoms with E-state index in [0.29, 0.717) is 17.8 Å². The lowest BCUT2D eigenvalue weighted by molar-refractivity contribution is -0.134. The van der Waals surface area contributed by atoms with Gasteiger partial charge in [-0.1, -0.05) is 55.8 Å². The summed E-state index contributed by atoms with van der Waals surface area (Å²) in [7, 11) is 0. The molecule has 1 atom stereocenters. The molecule has 1 N–H and O–H groups in total. The number of rotatable bonds is 6. The van der Waals surface area contributed by atoms with Crippen LogP contribution in [0.5, 0.6) is 0 Å². The number of benzene rings is 2. The smallest absolute Gasteiger partial charge is 0.267 e. The highest BCUT2D eigenvalue weighted by molar-refractivity contribution is 6.16. The Morgan fingerprint density at radius 1 is 1.07 bits per heavy atom. The molecular formula is C23H25N3O3. The molecule has 150 valence electrons. The summed E-state index contributed by atoms with van der Waals surface area (Å²) in [4.78, 5) is 43.1. The molecule has 0 aliphatic carbocycles. The van der Waals surface area contributed by atoms with Crippen LogP contribution in [0.3, 0.4) is 0 Å². The minimum absolute atomic E-state index is 0.131. The lowest BCUT2D eigenvalue weighted by Gasteiger charge is -2.49. The predicted octanol–water partition coefficient (Wildman–Crippen LogP) is 3.08. The maximum atomic E-state index is 13.5. The second-order valence-corrected chi connectivity index (χ2v) is 7.55. The Bertz CT molecular complexity index is 943. The van der Waals surface area contributed by atoms with Gasteiger partial charge in [-0.15, -0.1) is 0 Å². The molecule has 1 saturated heterocycles. The van der Waals surface area contributed by atoms with E-state index in [1.165, 1.54) is 0 Å². The second kappa shape index (κ2) is 7.70. The molecule has 29 heavy (non-hydrogen) atoms. The van der Waals surface area contributed by atoms with Gasteiger partial charge < -0.3 is 10.2 Å². The van der Waals surface area contributed by atoms with E-state index in [1.807, 2.05) is 30.3 Å². The first-order valence-electron chi connectivity index (χ1n) is 10.2. The van der Waals surface area contributed by atoms with Gasteiger partial charge in [-0.3, -0.25) is 19.3 Å². The lowest BCUT2D eigenvalue weighted by atomic mass is 9.94. The summed E-state index contributed by atoms with van der Waals surface area (Å²) in [5, 5.41) is 2.98. The average Bonchev–Trinajstić information content (AvgIpc) is 3.10. The predicted molar refractivity (Wildman–Crippen MR) is 110 cm³/mol. The molecule has 6 nitrogen and oxygen atoms in total. The van der Waals surface area contributed by atoms with E-state index in [4.69, 9.17) is 0 Å². The molecule has 2 aliphatic heterocycles. The van der Waals surface area contributed by atoms with Crippen molar-refractivity contribution in [2.75, 3.05) is 11.4 Å². The minimum Gasteiger partial charge on any atom is -0.352 e. The van der Waals surface area contributed by atoms with Gasteiger partial charge in [0.15, 0.2) is 0 Å². The molecule has 3 amide bonds. The van der Waals surface area contributed by atoms with Crippen molar-refractivity contribution in [1.82, 2.24) is 10.2 Å². The highest BCUT2D eigenvalue weighted by Gasteiger charge is 2.60. The topological polar surface area (TPSA) is 69.7 Å². The molecular weight excluding hydrogens is 366 g/mol. The third kappa shape index (κ3) is 3.09. The number of unbranched alkanes of at least 4 members (excludes halogenated alkanes) is 1. The molecule has 2 aromatic carbocycles. The van der Waals surface area contributed by atoms with Crippen molar-refractivity contribution >= 4 is 23.4 Å². The Kier molecular flexibility index (Phi) is 5.09.